The van der Waals surface area contributed by atoms with Crippen LogP contribution in [-0.4, -0.2) is 51.7 Å². The number of carbonyl (C=O) groups excluding carboxylic acids is 1. The summed E-state index contributed by atoms with van der Waals surface area (Å²) >= 11 is 0. The quantitative estimate of drug-likeness (QED) is 0.519. The smallest absolute Gasteiger partial charge is 0.292 e. The standard InChI is InChI=1S/C12H13N3O8S2/c16-12(13-8-3-4-25(22,23)7-8)6-24(21)11-2-1-9(14(17)18)5-10(11)15(19)20/h1-2,5,8H,3-4,6-7H2,(H,13,16). The summed E-state index contributed by atoms with van der Waals surface area (Å²) in [5.41, 5.74) is -1.25. The van der Waals surface area contributed by atoms with Gasteiger partial charge < -0.3 is 5.32 Å². The average molecular weight is 391 g/mol. The van der Waals surface area contributed by atoms with Crippen molar-refractivity contribution in [3.8, 4) is 0 Å². The molecular formula is C12H13N3O8S2. The van der Waals surface area contributed by atoms with Crippen molar-refractivity contribution in [1.29, 1.82) is 0 Å². The molecule has 1 N–H and O–H groups in total. The van der Waals surface area contributed by atoms with E-state index >= 15 is 0 Å². The molecule has 1 aromatic carbocycles. The molecule has 0 aromatic heterocycles. The molecule has 0 spiro atoms. The first-order valence-corrected chi connectivity index (χ1v) is 10.0. The van der Waals surface area contributed by atoms with Crippen LogP contribution in [0.5, 0.6) is 0 Å². The Hall–Kier alpha value is -2.41. The van der Waals surface area contributed by atoms with E-state index in [1.165, 1.54) is 0 Å². The van der Waals surface area contributed by atoms with Crippen LogP contribution in [0.4, 0.5) is 11.4 Å². The zero-order valence-corrected chi connectivity index (χ0v) is 14.2. The van der Waals surface area contributed by atoms with E-state index in [4.69, 9.17) is 0 Å². The lowest BCUT2D eigenvalue weighted by Crippen LogP contribution is -2.38. The molecule has 136 valence electrons. The zero-order chi connectivity index (χ0) is 18.8. The van der Waals surface area contributed by atoms with Gasteiger partial charge in [-0.3, -0.25) is 29.2 Å². The Balaban J connectivity index is 2.11. The van der Waals surface area contributed by atoms with Gasteiger partial charge >= 0.3 is 0 Å². The number of non-ortho nitro benzene ring substituents is 1. The summed E-state index contributed by atoms with van der Waals surface area (Å²) in [5.74, 6) is -1.58. The zero-order valence-electron chi connectivity index (χ0n) is 12.6. The van der Waals surface area contributed by atoms with Gasteiger partial charge in [0, 0.05) is 12.1 Å². The van der Waals surface area contributed by atoms with Gasteiger partial charge in [0.15, 0.2) is 9.84 Å². The first-order valence-electron chi connectivity index (χ1n) is 6.90. The first-order chi connectivity index (χ1) is 11.6. The maximum Gasteiger partial charge on any atom is 0.292 e. The summed E-state index contributed by atoms with van der Waals surface area (Å²) in [6.45, 7) is 0. The number of nitrogens with one attached hydrogen (secondary N) is 1. The van der Waals surface area contributed by atoms with Gasteiger partial charge in [-0.2, -0.15) is 0 Å². The summed E-state index contributed by atoms with van der Waals surface area (Å²) in [6, 6.07) is 2.03. The van der Waals surface area contributed by atoms with E-state index in [1.807, 2.05) is 0 Å². The highest BCUT2D eigenvalue weighted by Crippen LogP contribution is 2.27. The van der Waals surface area contributed by atoms with E-state index in [1.54, 1.807) is 0 Å². The molecule has 2 atom stereocenters. The number of nitrogens with zero attached hydrogens (tertiary/aromatic N) is 2. The summed E-state index contributed by atoms with van der Waals surface area (Å²) in [4.78, 5) is 31.5. The van der Waals surface area contributed by atoms with Crippen LogP contribution in [-0.2, 0) is 25.4 Å². The molecule has 1 aliphatic rings. The molecule has 0 bridgehead atoms. The van der Waals surface area contributed by atoms with Gasteiger partial charge in [0.25, 0.3) is 11.4 Å². The van der Waals surface area contributed by atoms with Crippen LogP contribution in [0.2, 0.25) is 0 Å². The molecule has 11 nitrogen and oxygen atoms in total. The number of rotatable bonds is 6. The molecule has 1 amide bonds. The van der Waals surface area contributed by atoms with Crippen molar-refractivity contribution >= 4 is 37.9 Å². The summed E-state index contributed by atoms with van der Waals surface area (Å²) in [6.07, 6.45) is 0.248. The van der Waals surface area contributed by atoms with Crippen LogP contribution < -0.4 is 5.32 Å². The number of amides is 1. The van der Waals surface area contributed by atoms with Crippen LogP contribution in [0.1, 0.15) is 6.42 Å². The van der Waals surface area contributed by atoms with Crippen LogP contribution >= 0.6 is 0 Å². The molecule has 0 radical (unpaired) electrons. The topological polar surface area (TPSA) is 167 Å². The fraction of sp³-hybridized carbons (Fsp3) is 0.417. The molecule has 1 saturated heterocycles. The van der Waals surface area contributed by atoms with E-state index in [0.29, 0.717) is 6.07 Å². The molecular weight excluding hydrogens is 378 g/mol. The van der Waals surface area contributed by atoms with Crippen LogP contribution in [0.15, 0.2) is 23.1 Å². The number of benzene rings is 1. The highest BCUT2D eigenvalue weighted by atomic mass is 32.2. The van der Waals surface area contributed by atoms with Crippen LogP contribution in [0.25, 0.3) is 0 Å². The normalized spacial score (nSPS) is 19.9. The SMILES string of the molecule is O=C(CS(=O)c1ccc([N+](=O)[O-])cc1[N+](=O)[O-])NC1CCS(=O)(=O)C1. The van der Waals surface area contributed by atoms with E-state index < -0.39 is 59.6 Å². The van der Waals surface area contributed by atoms with Crippen molar-refractivity contribution in [2.75, 3.05) is 17.3 Å². The van der Waals surface area contributed by atoms with Crippen molar-refractivity contribution in [2.45, 2.75) is 17.4 Å². The number of nitro benzene ring substituents is 2. The number of nitro groups is 2. The largest absolute Gasteiger partial charge is 0.352 e. The van der Waals surface area contributed by atoms with Crippen molar-refractivity contribution in [3.05, 3.63) is 38.4 Å². The Morgan fingerprint density at radius 3 is 2.48 bits per heavy atom. The fourth-order valence-corrected chi connectivity index (χ4v) is 5.07. The van der Waals surface area contributed by atoms with Gasteiger partial charge in [-0.05, 0) is 12.5 Å². The van der Waals surface area contributed by atoms with Crippen LogP contribution in [0.3, 0.4) is 0 Å². The van der Waals surface area contributed by atoms with Crippen molar-refractivity contribution in [1.82, 2.24) is 5.32 Å². The van der Waals surface area contributed by atoms with Gasteiger partial charge in [-0.1, -0.05) is 0 Å². The van der Waals surface area contributed by atoms with Gasteiger partial charge in [-0.15, -0.1) is 0 Å². The molecule has 0 saturated carbocycles. The Labute approximate surface area is 144 Å². The van der Waals surface area contributed by atoms with E-state index in [2.05, 4.69) is 5.32 Å². The second kappa shape index (κ2) is 7.23. The van der Waals surface area contributed by atoms with Gasteiger partial charge in [0.2, 0.25) is 5.91 Å². The Bertz CT molecular complexity index is 867. The molecule has 1 fully saturated rings. The minimum Gasteiger partial charge on any atom is -0.352 e. The molecule has 1 aromatic rings. The van der Waals surface area contributed by atoms with E-state index in [-0.39, 0.29) is 22.8 Å². The summed E-state index contributed by atoms with van der Waals surface area (Å²) < 4.78 is 34.9. The highest BCUT2D eigenvalue weighted by molar-refractivity contribution is 7.91. The van der Waals surface area contributed by atoms with Crippen molar-refractivity contribution in [2.24, 2.45) is 0 Å². The van der Waals surface area contributed by atoms with Gasteiger partial charge in [0.05, 0.1) is 38.2 Å². The highest BCUT2D eigenvalue weighted by Gasteiger charge is 2.30. The third-order valence-corrected chi connectivity index (χ3v) is 6.58. The van der Waals surface area contributed by atoms with Crippen molar-refractivity contribution < 1.29 is 27.3 Å². The molecule has 1 heterocycles. The average Bonchev–Trinajstić information content (AvgIpc) is 2.84. The number of carbonyl (C=O) groups is 1. The molecule has 13 heteroatoms. The third kappa shape index (κ3) is 4.79. The van der Waals surface area contributed by atoms with Gasteiger partial charge in [-0.25, -0.2) is 8.42 Å². The van der Waals surface area contributed by atoms with E-state index in [0.717, 1.165) is 12.1 Å². The predicted molar refractivity (Wildman–Crippen MR) is 86.2 cm³/mol. The lowest BCUT2D eigenvalue weighted by molar-refractivity contribution is -0.396. The molecule has 0 aliphatic carbocycles. The molecule has 2 rings (SSSR count). The minimum absolute atomic E-state index is 0.0468. The molecule has 25 heavy (non-hydrogen) atoms. The Morgan fingerprint density at radius 2 is 1.96 bits per heavy atom. The number of sulfone groups is 1. The third-order valence-electron chi connectivity index (χ3n) is 3.46. The van der Waals surface area contributed by atoms with E-state index in [9.17, 15) is 37.6 Å². The van der Waals surface area contributed by atoms with Crippen molar-refractivity contribution in [3.63, 3.8) is 0 Å². The second-order valence-corrected chi connectivity index (χ2v) is 8.97. The predicted octanol–water partition coefficient (Wildman–Crippen LogP) is -0.0861. The minimum atomic E-state index is -3.20. The number of hydrogen-bond acceptors (Lipinski definition) is 8. The lowest BCUT2D eigenvalue weighted by atomic mass is 10.3. The fourth-order valence-electron chi connectivity index (χ4n) is 2.33. The summed E-state index contributed by atoms with van der Waals surface area (Å²) in [5, 5.41) is 24.1. The Morgan fingerprint density at radius 1 is 1.28 bits per heavy atom. The van der Waals surface area contributed by atoms with Crippen LogP contribution in [0, 0.1) is 20.2 Å². The first kappa shape index (κ1) is 18.9. The lowest BCUT2D eigenvalue weighted by Gasteiger charge is -2.10. The molecule has 1 aliphatic heterocycles. The maximum absolute atomic E-state index is 12.2. The summed E-state index contributed by atoms with van der Waals surface area (Å²) in [7, 11) is -5.31. The Kier molecular flexibility index (Phi) is 5.47. The molecule has 2 unspecified atom stereocenters. The number of hydrogen-bond donors (Lipinski definition) is 1. The van der Waals surface area contributed by atoms with Gasteiger partial charge in [0.1, 0.15) is 10.6 Å². The second-order valence-electron chi connectivity index (χ2n) is 5.32. The maximum atomic E-state index is 12.2. The monoisotopic (exact) mass is 391 g/mol.